The Kier molecular flexibility index (Phi) is 8.41. The van der Waals surface area contributed by atoms with Crippen molar-refractivity contribution in [2.45, 2.75) is 39.1 Å². The summed E-state index contributed by atoms with van der Waals surface area (Å²) >= 11 is 5.80. The molecule has 114 valence electrons. The van der Waals surface area contributed by atoms with E-state index in [4.69, 9.17) is 24.9 Å². The van der Waals surface area contributed by atoms with E-state index in [0.29, 0.717) is 25.7 Å². The third-order valence-electron chi connectivity index (χ3n) is 2.99. The van der Waals surface area contributed by atoms with Crippen LogP contribution in [0.2, 0.25) is 6.04 Å². The number of halogens is 1. The molecule has 0 unspecified atom stereocenters. The maximum absolute atomic E-state index is 5.85. The summed E-state index contributed by atoms with van der Waals surface area (Å²) in [7, 11) is -2.53. The second kappa shape index (κ2) is 9.53. The van der Waals surface area contributed by atoms with Crippen LogP contribution in [-0.2, 0) is 25.6 Å². The van der Waals surface area contributed by atoms with Crippen LogP contribution in [0.1, 0.15) is 31.9 Å². The van der Waals surface area contributed by atoms with Crippen molar-refractivity contribution in [3.05, 3.63) is 35.4 Å². The van der Waals surface area contributed by atoms with E-state index in [9.17, 15) is 0 Å². The number of hydrogen-bond acceptors (Lipinski definition) is 3. The number of aryl methyl sites for hydroxylation is 1. The van der Waals surface area contributed by atoms with Crippen LogP contribution in [0.5, 0.6) is 0 Å². The van der Waals surface area contributed by atoms with E-state index in [2.05, 4.69) is 24.3 Å². The molecule has 0 saturated heterocycles. The fraction of sp³-hybridized carbons (Fsp3) is 0.600. The molecule has 20 heavy (non-hydrogen) atoms. The molecule has 0 radical (unpaired) electrons. The van der Waals surface area contributed by atoms with Gasteiger partial charge < -0.3 is 13.3 Å². The van der Waals surface area contributed by atoms with Gasteiger partial charge in [-0.15, -0.1) is 11.6 Å². The molecule has 0 aliphatic carbocycles. The van der Waals surface area contributed by atoms with Crippen molar-refractivity contribution in [2.24, 2.45) is 0 Å². The minimum Gasteiger partial charge on any atom is -0.374 e. The van der Waals surface area contributed by atoms with Crippen molar-refractivity contribution in [1.29, 1.82) is 0 Å². The highest BCUT2D eigenvalue weighted by Crippen LogP contribution is 2.19. The van der Waals surface area contributed by atoms with Crippen LogP contribution in [0.3, 0.4) is 0 Å². The van der Waals surface area contributed by atoms with Crippen molar-refractivity contribution in [3.8, 4) is 0 Å². The minimum atomic E-state index is -2.53. The summed E-state index contributed by atoms with van der Waals surface area (Å²) in [6.45, 7) is 7.81. The average Bonchev–Trinajstić information content (AvgIpc) is 2.46. The summed E-state index contributed by atoms with van der Waals surface area (Å²) in [6.07, 6.45) is 0.898. The molecule has 0 aliphatic heterocycles. The van der Waals surface area contributed by atoms with E-state index < -0.39 is 8.80 Å². The molecule has 1 rings (SSSR count). The molecule has 1 aromatic carbocycles. The summed E-state index contributed by atoms with van der Waals surface area (Å²) < 4.78 is 17.6. The fourth-order valence-electron chi connectivity index (χ4n) is 2.09. The zero-order valence-corrected chi connectivity index (χ0v) is 14.4. The lowest BCUT2D eigenvalue weighted by Gasteiger charge is -2.28. The lowest BCUT2D eigenvalue weighted by molar-refractivity contribution is 0.0714. The molecule has 0 fully saturated rings. The van der Waals surface area contributed by atoms with Gasteiger partial charge in [0, 0.05) is 31.7 Å². The van der Waals surface area contributed by atoms with E-state index in [-0.39, 0.29) is 0 Å². The maximum atomic E-state index is 5.85. The molecular formula is C15H25ClO3Si. The molecule has 0 N–H and O–H groups in total. The van der Waals surface area contributed by atoms with Gasteiger partial charge in [0.2, 0.25) is 0 Å². The van der Waals surface area contributed by atoms with Gasteiger partial charge in [-0.1, -0.05) is 24.3 Å². The van der Waals surface area contributed by atoms with Crippen molar-refractivity contribution in [3.63, 3.8) is 0 Å². The maximum Gasteiger partial charge on any atom is 0.501 e. The lowest BCUT2D eigenvalue weighted by Crippen LogP contribution is -2.46. The summed E-state index contributed by atoms with van der Waals surface area (Å²) in [4.78, 5) is 0. The Morgan fingerprint density at radius 3 is 1.70 bits per heavy atom. The monoisotopic (exact) mass is 316 g/mol. The first-order valence-electron chi connectivity index (χ1n) is 7.25. The fourth-order valence-corrected chi connectivity index (χ4v) is 4.87. The number of rotatable bonds is 10. The molecular weight excluding hydrogens is 292 g/mol. The van der Waals surface area contributed by atoms with Gasteiger partial charge in [-0.2, -0.15) is 0 Å². The Hall–Kier alpha value is -0.393. The van der Waals surface area contributed by atoms with E-state index in [0.717, 1.165) is 18.0 Å². The van der Waals surface area contributed by atoms with E-state index in [1.807, 2.05) is 20.8 Å². The quantitative estimate of drug-likeness (QED) is 0.482. The van der Waals surface area contributed by atoms with Gasteiger partial charge >= 0.3 is 8.80 Å². The van der Waals surface area contributed by atoms with E-state index in [1.165, 1.54) is 5.56 Å². The van der Waals surface area contributed by atoms with Gasteiger partial charge in [0.15, 0.2) is 0 Å². The zero-order valence-electron chi connectivity index (χ0n) is 12.7. The summed E-state index contributed by atoms with van der Waals surface area (Å²) in [5.41, 5.74) is 2.40. The zero-order chi connectivity index (χ0) is 14.8. The van der Waals surface area contributed by atoms with Crippen molar-refractivity contribution >= 4 is 20.4 Å². The van der Waals surface area contributed by atoms with Crippen LogP contribution in [-0.4, -0.2) is 28.6 Å². The minimum absolute atomic E-state index is 0.551. The van der Waals surface area contributed by atoms with Crippen LogP contribution in [0, 0.1) is 0 Å². The second-order valence-corrected chi connectivity index (χ2v) is 7.43. The van der Waals surface area contributed by atoms with Crippen LogP contribution in [0.25, 0.3) is 0 Å². The van der Waals surface area contributed by atoms with Crippen molar-refractivity contribution < 1.29 is 13.3 Å². The highest BCUT2D eigenvalue weighted by Gasteiger charge is 2.39. The molecule has 0 aliphatic rings. The largest absolute Gasteiger partial charge is 0.501 e. The Morgan fingerprint density at radius 2 is 1.30 bits per heavy atom. The highest BCUT2D eigenvalue weighted by molar-refractivity contribution is 6.60. The number of benzene rings is 1. The normalized spacial score (nSPS) is 11.8. The number of alkyl halides is 1. The first kappa shape index (κ1) is 17.7. The molecule has 1 aromatic rings. The molecule has 0 amide bonds. The average molecular weight is 317 g/mol. The summed E-state index contributed by atoms with van der Waals surface area (Å²) in [5, 5.41) is 0. The van der Waals surface area contributed by atoms with Crippen LogP contribution < -0.4 is 0 Å². The summed E-state index contributed by atoms with van der Waals surface area (Å²) in [6, 6.07) is 9.16. The molecule has 0 spiro atoms. The van der Waals surface area contributed by atoms with Gasteiger partial charge in [-0.05, 0) is 38.3 Å². The Labute approximate surface area is 128 Å². The van der Waals surface area contributed by atoms with E-state index in [1.54, 1.807) is 0 Å². The molecule has 3 nitrogen and oxygen atoms in total. The topological polar surface area (TPSA) is 27.7 Å². The molecule has 0 bridgehead atoms. The molecule has 0 heterocycles. The standard InChI is InChI=1S/C15H25ClO3Si/c1-4-17-20(18-5-2,19-6-3)12-11-14-7-9-15(13-16)10-8-14/h7-10H,4-6,11-13H2,1-3H3. The van der Waals surface area contributed by atoms with Crippen LogP contribution in [0.4, 0.5) is 0 Å². The Bertz CT molecular complexity index is 353. The Balaban J connectivity index is 2.67. The third-order valence-corrected chi connectivity index (χ3v) is 6.35. The third kappa shape index (κ3) is 5.54. The smallest absolute Gasteiger partial charge is 0.374 e. The van der Waals surface area contributed by atoms with Gasteiger partial charge in [-0.3, -0.25) is 0 Å². The molecule has 0 aromatic heterocycles. The van der Waals surface area contributed by atoms with E-state index >= 15 is 0 Å². The van der Waals surface area contributed by atoms with Crippen molar-refractivity contribution in [2.75, 3.05) is 19.8 Å². The predicted molar refractivity (Wildman–Crippen MR) is 85.1 cm³/mol. The number of hydrogen-bond donors (Lipinski definition) is 0. The van der Waals surface area contributed by atoms with Gasteiger partial charge in [0.05, 0.1) is 0 Å². The molecule has 5 heteroatoms. The van der Waals surface area contributed by atoms with Gasteiger partial charge in [0.25, 0.3) is 0 Å². The lowest BCUT2D eigenvalue weighted by atomic mass is 10.1. The first-order chi connectivity index (χ1) is 9.69. The first-order valence-corrected chi connectivity index (χ1v) is 9.72. The Morgan fingerprint density at radius 1 is 0.850 bits per heavy atom. The molecule has 0 saturated carbocycles. The second-order valence-electron chi connectivity index (χ2n) is 4.43. The van der Waals surface area contributed by atoms with Gasteiger partial charge in [-0.25, -0.2) is 0 Å². The van der Waals surface area contributed by atoms with Crippen LogP contribution >= 0.6 is 11.6 Å². The van der Waals surface area contributed by atoms with Gasteiger partial charge in [0.1, 0.15) is 0 Å². The van der Waals surface area contributed by atoms with Crippen LogP contribution in [0.15, 0.2) is 24.3 Å². The molecule has 0 atom stereocenters. The summed E-state index contributed by atoms with van der Waals surface area (Å²) in [5.74, 6) is 0.551. The highest BCUT2D eigenvalue weighted by atomic mass is 35.5. The van der Waals surface area contributed by atoms with Crippen molar-refractivity contribution in [1.82, 2.24) is 0 Å². The SMILES string of the molecule is CCO[Si](CCc1ccc(CCl)cc1)(OCC)OCC. The predicted octanol–water partition coefficient (Wildman–Crippen LogP) is 4.02.